The molecule has 2 N–H and O–H groups in total. The zero-order chi connectivity index (χ0) is 12.8. The van der Waals surface area contributed by atoms with Gasteiger partial charge in [0.05, 0.1) is 12.6 Å². The first-order chi connectivity index (χ1) is 8.11. The van der Waals surface area contributed by atoms with Gasteiger partial charge in [-0.25, -0.2) is 0 Å². The fraction of sp³-hybridized carbons (Fsp3) is 0.667. The van der Waals surface area contributed by atoms with Crippen molar-refractivity contribution in [1.82, 2.24) is 4.90 Å². The minimum Gasteiger partial charge on any atom is -0.383 e. The summed E-state index contributed by atoms with van der Waals surface area (Å²) in [4.78, 5) is 3.69. The summed E-state index contributed by atoms with van der Waals surface area (Å²) in [5, 5.41) is 2.09. The van der Waals surface area contributed by atoms with E-state index < -0.39 is 0 Å². The molecule has 0 aromatic carbocycles. The molecule has 1 aromatic heterocycles. The van der Waals surface area contributed by atoms with E-state index in [0.717, 1.165) is 17.6 Å². The lowest BCUT2D eigenvalue weighted by atomic mass is 10.1. The van der Waals surface area contributed by atoms with Crippen molar-refractivity contribution in [1.29, 1.82) is 0 Å². The van der Waals surface area contributed by atoms with E-state index in [1.807, 2.05) is 0 Å². The Bertz CT molecular complexity index is 330. The fourth-order valence-electron chi connectivity index (χ4n) is 1.91. The van der Waals surface area contributed by atoms with Gasteiger partial charge in [-0.1, -0.05) is 0 Å². The molecule has 0 aliphatic rings. The van der Waals surface area contributed by atoms with Crippen LogP contribution in [0.4, 0.5) is 0 Å². The van der Waals surface area contributed by atoms with Crippen molar-refractivity contribution in [2.45, 2.75) is 25.9 Å². The number of ether oxygens (including phenoxy) is 1. The number of nitrogens with two attached hydrogens (primary N) is 1. The molecule has 0 amide bonds. The largest absolute Gasteiger partial charge is 0.383 e. The van der Waals surface area contributed by atoms with E-state index in [2.05, 4.69) is 46.1 Å². The highest BCUT2D eigenvalue weighted by Gasteiger charge is 2.24. The topological polar surface area (TPSA) is 38.5 Å². The lowest BCUT2D eigenvalue weighted by Gasteiger charge is -2.33. The second kappa shape index (κ2) is 7.48. The standard InChI is InChI=1S/C12H21BrN2OS/c1-9(2)15(5-6-16-3)11(8-14)12-10(13)4-7-17-12/h4,7,9,11H,5-6,8,14H2,1-3H3. The van der Waals surface area contributed by atoms with Gasteiger partial charge in [0.25, 0.3) is 0 Å². The average molecular weight is 321 g/mol. The number of methoxy groups -OCH3 is 1. The van der Waals surface area contributed by atoms with E-state index in [4.69, 9.17) is 10.5 Å². The number of hydrogen-bond donors (Lipinski definition) is 1. The smallest absolute Gasteiger partial charge is 0.0590 e. The molecule has 1 rings (SSSR count). The van der Waals surface area contributed by atoms with E-state index >= 15 is 0 Å². The Labute approximate surface area is 116 Å². The van der Waals surface area contributed by atoms with Gasteiger partial charge in [0.1, 0.15) is 0 Å². The van der Waals surface area contributed by atoms with E-state index in [0.29, 0.717) is 12.6 Å². The molecule has 3 nitrogen and oxygen atoms in total. The SMILES string of the molecule is COCCN(C(C)C)C(CN)c1sccc1Br. The average Bonchev–Trinajstić information content (AvgIpc) is 2.70. The van der Waals surface area contributed by atoms with E-state index in [-0.39, 0.29) is 6.04 Å². The molecule has 0 spiro atoms. The second-order valence-electron chi connectivity index (χ2n) is 4.21. The molecule has 0 saturated heterocycles. The maximum Gasteiger partial charge on any atom is 0.0590 e. The van der Waals surface area contributed by atoms with E-state index in [1.54, 1.807) is 18.4 Å². The molecule has 0 bridgehead atoms. The molecule has 1 atom stereocenters. The van der Waals surface area contributed by atoms with Gasteiger partial charge in [0.2, 0.25) is 0 Å². The van der Waals surface area contributed by atoms with Crippen molar-refractivity contribution in [2.24, 2.45) is 5.73 Å². The summed E-state index contributed by atoms with van der Waals surface area (Å²) in [6.07, 6.45) is 0. The van der Waals surface area contributed by atoms with Gasteiger partial charge < -0.3 is 10.5 Å². The van der Waals surface area contributed by atoms with Crippen molar-refractivity contribution in [3.63, 3.8) is 0 Å². The van der Waals surface area contributed by atoms with Gasteiger partial charge in [0, 0.05) is 35.6 Å². The summed E-state index contributed by atoms with van der Waals surface area (Å²) in [6, 6.07) is 2.80. The highest BCUT2D eigenvalue weighted by molar-refractivity contribution is 9.10. The molecular weight excluding hydrogens is 300 g/mol. The molecular formula is C12H21BrN2OS. The Kier molecular flexibility index (Phi) is 6.66. The normalized spacial score (nSPS) is 13.6. The number of halogens is 1. The minimum atomic E-state index is 0.263. The van der Waals surface area contributed by atoms with Crippen LogP contribution in [0.15, 0.2) is 15.9 Å². The zero-order valence-corrected chi connectivity index (χ0v) is 13.1. The summed E-state index contributed by atoms with van der Waals surface area (Å²) < 4.78 is 6.33. The van der Waals surface area contributed by atoms with Crippen LogP contribution in [-0.4, -0.2) is 37.7 Å². The summed E-state index contributed by atoms with van der Waals surface area (Å²) in [5.74, 6) is 0. The molecule has 17 heavy (non-hydrogen) atoms. The van der Waals surface area contributed by atoms with Crippen LogP contribution < -0.4 is 5.73 Å². The Balaban J connectivity index is 2.85. The van der Waals surface area contributed by atoms with Crippen molar-refractivity contribution in [3.8, 4) is 0 Å². The molecule has 1 unspecified atom stereocenters. The van der Waals surface area contributed by atoms with Crippen LogP contribution in [0.1, 0.15) is 24.8 Å². The van der Waals surface area contributed by atoms with Crippen LogP contribution in [0.25, 0.3) is 0 Å². The van der Waals surface area contributed by atoms with Crippen LogP contribution in [0, 0.1) is 0 Å². The van der Waals surface area contributed by atoms with Gasteiger partial charge in [-0.15, -0.1) is 11.3 Å². The molecule has 98 valence electrons. The first kappa shape index (κ1) is 15.1. The quantitative estimate of drug-likeness (QED) is 0.839. The third-order valence-electron chi connectivity index (χ3n) is 2.79. The number of hydrogen-bond acceptors (Lipinski definition) is 4. The molecule has 5 heteroatoms. The van der Waals surface area contributed by atoms with Gasteiger partial charge in [0.15, 0.2) is 0 Å². The van der Waals surface area contributed by atoms with Gasteiger partial charge >= 0.3 is 0 Å². The highest BCUT2D eigenvalue weighted by Crippen LogP contribution is 2.33. The Morgan fingerprint density at radius 2 is 2.24 bits per heavy atom. The van der Waals surface area contributed by atoms with Gasteiger partial charge in [-0.2, -0.15) is 0 Å². The monoisotopic (exact) mass is 320 g/mol. The third kappa shape index (κ3) is 4.03. The maximum atomic E-state index is 5.95. The molecule has 1 heterocycles. The second-order valence-corrected chi connectivity index (χ2v) is 6.01. The van der Waals surface area contributed by atoms with E-state index in [1.165, 1.54) is 4.88 Å². The third-order valence-corrected chi connectivity index (χ3v) is 4.76. The summed E-state index contributed by atoms with van der Waals surface area (Å²) in [5.41, 5.74) is 5.95. The first-order valence-corrected chi connectivity index (χ1v) is 7.46. The van der Waals surface area contributed by atoms with Crippen LogP contribution in [-0.2, 0) is 4.74 Å². The van der Waals surface area contributed by atoms with Crippen LogP contribution in [0.5, 0.6) is 0 Å². The predicted octanol–water partition coefficient (Wildman–Crippen LogP) is 2.87. The molecule has 1 aromatic rings. The molecule has 0 aliphatic carbocycles. The van der Waals surface area contributed by atoms with E-state index in [9.17, 15) is 0 Å². The summed E-state index contributed by atoms with van der Waals surface area (Å²) >= 11 is 5.34. The Morgan fingerprint density at radius 3 is 2.65 bits per heavy atom. The molecule has 0 fully saturated rings. The van der Waals surface area contributed by atoms with Crippen molar-refractivity contribution >= 4 is 27.3 Å². The van der Waals surface area contributed by atoms with Crippen LogP contribution >= 0.6 is 27.3 Å². The van der Waals surface area contributed by atoms with Gasteiger partial charge in [-0.05, 0) is 41.2 Å². The van der Waals surface area contributed by atoms with Crippen LogP contribution in [0.2, 0.25) is 0 Å². The maximum absolute atomic E-state index is 5.95. The molecule has 0 saturated carbocycles. The first-order valence-electron chi connectivity index (χ1n) is 5.79. The number of thiophene rings is 1. The molecule has 0 aliphatic heterocycles. The van der Waals surface area contributed by atoms with Crippen molar-refractivity contribution in [2.75, 3.05) is 26.8 Å². The van der Waals surface area contributed by atoms with Crippen molar-refractivity contribution < 1.29 is 4.74 Å². The van der Waals surface area contributed by atoms with Crippen LogP contribution in [0.3, 0.4) is 0 Å². The number of nitrogens with zero attached hydrogens (tertiary/aromatic N) is 1. The lowest BCUT2D eigenvalue weighted by molar-refractivity contribution is 0.0990. The Morgan fingerprint density at radius 1 is 1.53 bits per heavy atom. The predicted molar refractivity (Wildman–Crippen MR) is 77.5 cm³/mol. The fourth-order valence-corrected chi connectivity index (χ4v) is 3.68. The zero-order valence-electron chi connectivity index (χ0n) is 10.6. The van der Waals surface area contributed by atoms with Gasteiger partial charge in [-0.3, -0.25) is 4.90 Å². The summed E-state index contributed by atoms with van der Waals surface area (Å²) in [7, 11) is 1.73. The summed E-state index contributed by atoms with van der Waals surface area (Å²) in [6.45, 7) is 6.65. The van der Waals surface area contributed by atoms with Crippen molar-refractivity contribution in [3.05, 3.63) is 20.8 Å². The Hall–Kier alpha value is 0.0600. The minimum absolute atomic E-state index is 0.263. The molecule has 0 radical (unpaired) electrons. The highest BCUT2D eigenvalue weighted by atomic mass is 79.9. The number of rotatable bonds is 7. The lowest BCUT2D eigenvalue weighted by Crippen LogP contribution is -2.40.